The summed E-state index contributed by atoms with van der Waals surface area (Å²) in [4.78, 5) is 30.2. The number of amides is 2. The Labute approximate surface area is 170 Å². The molecule has 6 heteroatoms. The molecule has 3 N–H and O–H groups in total. The number of hydrogen-bond donors (Lipinski definition) is 3. The lowest BCUT2D eigenvalue weighted by Crippen LogP contribution is -2.46. The molecule has 29 heavy (non-hydrogen) atoms. The van der Waals surface area contributed by atoms with Crippen LogP contribution in [0.5, 0.6) is 0 Å². The van der Waals surface area contributed by atoms with Crippen molar-refractivity contribution in [2.24, 2.45) is 0 Å². The number of nitrogens with zero attached hydrogens (tertiary/aromatic N) is 1. The van der Waals surface area contributed by atoms with E-state index in [0.29, 0.717) is 12.2 Å². The Hall–Kier alpha value is -3.12. The van der Waals surface area contributed by atoms with Crippen LogP contribution in [0.1, 0.15) is 28.9 Å². The molecule has 0 spiro atoms. The van der Waals surface area contributed by atoms with Crippen LogP contribution in [0.15, 0.2) is 54.6 Å². The van der Waals surface area contributed by atoms with Crippen LogP contribution < -0.4 is 10.6 Å². The van der Waals surface area contributed by atoms with E-state index in [4.69, 9.17) is 0 Å². The highest BCUT2D eigenvalue weighted by Gasteiger charge is 2.23. The van der Waals surface area contributed by atoms with E-state index in [1.165, 1.54) is 0 Å². The van der Waals surface area contributed by atoms with Gasteiger partial charge in [0, 0.05) is 35.7 Å². The molecular formula is C23H26N4O2. The van der Waals surface area contributed by atoms with Crippen LogP contribution in [0.4, 0.5) is 5.69 Å². The summed E-state index contributed by atoms with van der Waals surface area (Å²) in [6, 6.07) is 17.6. The summed E-state index contributed by atoms with van der Waals surface area (Å²) in [5.41, 5.74) is 3.55. The number of benzene rings is 2. The molecule has 0 unspecified atom stereocenters. The summed E-state index contributed by atoms with van der Waals surface area (Å²) in [6.07, 6.45) is 1.67. The number of carbonyl (C=O) groups excluding carboxylic acids is 2. The second kappa shape index (κ2) is 8.49. The quantitative estimate of drug-likeness (QED) is 0.626. The predicted octanol–water partition coefficient (Wildman–Crippen LogP) is 3.31. The van der Waals surface area contributed by atoms with Crippen LogP contribution in [-0.4, -0.2) is 47.4 Å². The summed E-state index contributed by atoms with van der Waals surface area (Å²) in [5, 5.41) is 7.08. The lowest BCUT2D eigenvalue weighted by atomic mass is 10.0. The van der Waals surface area contributed by atoms with Gasteiger partial charge in [-0.25, -0.2) is 0 Å². The normalized spacial score (nSPS) is 15.3. The van der Waals surface area contributed by atoms with Crippen molar-refractivity contribution >= 4 is 28.4 Å². The number of nitrogens with one attached hydrogen (secondary N) is 3. The molecule has 0 aliphatic carbocycles. The van der Waals surface area contributed by atoms with Gasteiger partial charge in [-0.05, 0) is 49.6 Å². The fourth-order valence-electron chi connectivity index (χ4n) is 3.79. The largest absolute Gasteiger partial charge is 0.351 e. The number of aromatic nitrogens is 1. The summed E-state index contributed by atoms with van der Waals surface area (Å²) in [7, 11) is 0. The average molecular weight is 390 g/mol. The second-order valence-electron chi connectivity index (χ2n) is 7.71. The molecule has 0 bridgehead atoms. The van der Waals surface area contributed by atoms with Crippen molar-refractivity contribution in [2.45, 2.75) is 25.8 Å². The maximum absolute atomic E-state index is 12.6. The number of para-hydroxylation sites is 1. The number of aryl methyl sites for hydroxylation is 1. The highest BCUT2D eigenvalue weighted by atomic mass is 16.2. The van der Waals surface area contributed by atoms with E-state index in [1.54, 1.807) is 0 Å². The van der Waals surface area contributed by atoms with Crippen molar-refractivity contribution in [1.82, 2.24) is 15.2 Å². The molecular weight excluding hydrogens is 364 g/mol. The van der Waals surface area contributed by atoms with Crippen LogP contribution in [-0.2, 0) is 4.79 Å². The first kappa shape index (κ1) is 19.2. The Kier molecular flexibility index (Phi) is 5.62. The molecule has 2 amide bonds. The third-order valence-corrected chi connectivity index (χ3v) is 5.37. The van der Waals surface area contributed by atoms with Gasteiger partial charge in [-0.2, -0.15) is 0 Å². The molecule has 1 aromatic heterocycles. The monoisotopic (exact) mass is 390 g/mol. The van der Waals surface area contributed by atoms with E-state index in [1.807, 2.05) is 61.5 Å². The van der Waals surface area contributed by atoms with Gasteiger partial charge in [0.15, 0.2) is 0 Å². The summed E-state index contributed by atoms with van der Waals surface area (Å²) >= 11 is 0. The van der Waals surface area contributed by atoms with Gasteiger partial charge in [-0.3, -0.25) is 14.5 Å². The van der Waals surface area contributed by atoms with Crippen molar-refractivity contribution < 1.29 is 9.59 Å². The van der Waals surface area contributed by atoms with Crippen LogP contribution in [0.2, 0.25) is 0 Å². The highest BCUT2D eigenvalue weighted by Crippen LogP contribution is 2.18. The molecule has 1 aliphatic rings. The Balaban J connectivity index is 1.26. The van der Waals surface area contributed by atoms with E-state index in [0.717, 1.165) is 48.1 Å². The molecule has 2 heterocycles. The van der Waals surface area contributed by atoms with Gasteiger partial charge in [-0.15, -0.1) is 0 Å². The van der Waals surface area contributed by atoms with Crippen molar-refractivity contribution in [3.05, 3.63) is 65.9 Å². The summed E-state index contributed by atoms with van der Waals surface area (Å²) < 4.78 is 0. The zero-order chi connectivity index (χ0) is 20.2. The maximum atomic E-state index is 12.6. The van der Waals surface area contributed by atoms with Gasteiger partial charge in [0.05, 0.1) is 6.54 Å². The van der Waals surface area contributed by atoms with Gasteiger partial charge in [0.2, 0.25) is 5.91 Å². The van der Waals surface area contributed by atoms with Crippen molar-refractivity contribution in [3.63, 3.8) is 0 Å². The van der Waals surface area contributed by atoms with Gasteiger partial charge < -0.3 is 15.6 Å². The Morgan fingerprint density at radius 1 is 1.07 bits per heavy atom. The summed E-state index contributed by atoms with van der Waals surface area (Å²) in [5.74, 6) is -0.0776. The van der Waals surface area contributed by atoms with E-state index in [2.05, 4.69) is 20.5 Å². The average Bonchev–Trinajstić information content (AvgIpc) is 3.13. The standard InChI is InChI=1S/C23H26N4O2/c1-16-7-8-17-14-21(26-20(17)13-16)23(29)25-19-9-11-27(12-10-19)15-22(28)24-18-5-3-2-4-6-18/h2-8,13-14,19,26H,9-12,15H2,1H3,(H,24,28)(H,25,29). The minimum Gasteiger partial charge on any atom is -0.351 e. The van der Waals surface area contributed by atoms with E-state index in [-0.39, 0.29) is 17.9 Å². The topological polar surface area (TPSA) is 77.2 Å². The number of fused-ring (bicyclic) bond motifs is 1. The van der Waals surface area contributed by atoms with Crippen molar-refractivity contribution in [1.29, 1.82) is 0 Å². The lowest BCUT2D eigenvalue weighted by Gasteiger charge is -2.31. The first-order valence-electron chi connectivity index (χ1n) is 10.0. The third kappa shape index (κ3) is 4.84. The number of carbonyl (C=O) groups is 2. The molecule has 6 nitrogen and oxygen atoms in total. The number of likely N-dealkylation sites (tertiary alicyclic amines) is 1. The highest BCUT2D eigenvalue weighted by molar-refractivity contribution is 5.98. The van der Waals surface area contributed by atoms with Crippen LogP contribution >= 0.6 is 0 Å². The minimum absolute atomic E-state index is 0.00736. The van der Waals surface area contributed by atoms with Crippen LogP contribution in [0.3, 0.4) is 0 Å². The first-order valence-corrected chi connectivity index (χ1v) is 10.0. The third-order valence-electron chi connectivity index (χ3n) is 5.37. The molecule has 3 aromatic rings. The minimum atomic E-state index is -0.0703. The maximum Gasteiger partial charge on any atom is 0.267 e. The zero-order valence-corrected chi connectivity index (χ0v) is 16.6. The number of anilines is 1. The van der Waals surface area contributed by atoms with Gasteiger partial charge in [-0.1, -0.05) is 30.3 Å². The Morgan fingerprint density at radius 2 is 1.83 bits per heavy atom. The predicted molar refractivity (Wildman–Crippen MR) is 115 cm³/mol. The molecule has 150 valence electrons. The van der Waals surface area contributed by atoms with Gasteiger partial charge >= 0.3 is 0 Å². The molecule has 1 saturated heterocycles. The van der Waals surface area contributed by atoms with E-state index < -0.39 is 0 Å². The van der Waals surface area contributed by atoms with Gasteiger partial charge in [0.25, 0.3) is 5.91 Å². The fourth-order valence-corrected chi connectivity index (χ4v) is 3.79. The smallest absolute Gasteiger partial charge is 0.267 e. The number of piperidine rings is 1. The summed E-state index contributed by atoms with van der Waals surface area (Å²) in [6.45, 7) is 3.99. The zero-order valence-electron chi connectivity index (χ0n) is 16.6. The number of hydrogen-bond acceptors (Lipinski definition) is 3. The van der Waals surface area contributed by atoms with Gasteiger partial charge in [0.1, 0.15) is 5.69 Å². The fraction of sp³-hybridized carbons (Fsp3) is 0.304. The SMILES string of the molecule is Cc1ccc2cc(C(=O)NC3CCN(CC(=O)Nc4ccccc4)CC3)[nH]c2c1. The van der Waals surface area contributed by atoms with E-state index >= 15 is 0 Å². The molecule has 1 fully saturated rings. The van der Waals surface area contributed by atoms with Crippen molar-refractivity contribution in [2.75, 3.05) is 25.0 Å². The van der Waals surface area contributed by atoms with E-state index in [9.17, 15) is 9.59 Å². The molecule has 4 rings (SSSR count). The van der Waals surface area contributed by atoms with Crippen LogP contribution in [0.25, 0.3) is 10.9 Å². The number of H-pyrrole nitrogens is 1. The molecule has 0 radical (unpaired) electrons. The first-order chi connectivity index (χ1) is 14.1. The molecule has 0 saturated carbocycles. The number of rotatable bonds is 5. The van der Waals surface area contributed by atoms with Crippen molar-refractivity contribution in [3.8, 4) is 0 Å². The Bertz CT molecular complexity index is 1000. The molecule has 0 atom stereocenters. The lowest BCUT2D eigenvalue weighted by molar-refractivity contribution is -0.117. The molecule has 2 aromatic carbocycles. The number of aromatic amines is 1. The second-order valence-corrected chi connectivity index (χ2v) is 7.71. The Morgan fingerprint density at radius 3 is 2.59 bits per heavy atom. The van der Waals surface area contributed by atoms with Crippen LogP contribution in [0, 0.1) is 6.92 Å². The molecule has 1 aliphatic heterocycles.